The molecule has 1 saturated carbocycles. The van der Waals surface area contributed by atoms with E-state index in [0.29, 0.717) is 6.42 Å². The van der Waals surface area contributed by atoms with Crippen LogP contribution in [0.25, 0.3) is 10.9 Å². The number of pyridine rings is 1. The first-order valence-electron chi connectivity index (χ1n) is 12.0. The van der Waals surface area contributed by atoms with Crippen molar-refractivity contribution in [1.29, 1.82) is 0 Å². The SMILES string of the molecule is COc1cccc([C@@]23CCN(CC4CC4)C[C@@]2(O)Cc2cc4cc(C)ccc4nc2C3)c1. The number of β-amino-alcohol motifs (C(OH)–C–C–N with tert-alkyl or cyclic N) is 1. The van der Waals surface area contributed by atoms with E-state index < -0.39 is 5.60 Å². The minimum Gasteiger partial charge on any atom is -0.497 e. The van der Waals surface area contributed by atoms with Crippen molar-refractivity contribution in [2.24, 2.45) is 5.92 Å². The fourth-order valence-electron chi connectivity index (χ4n) is 6.20. The number of rotatable bonds is 4. The van der Waals surface area contributed by atoms with Gasteiger partial charge in [-0.25, -0.2) is 0 Å². The summed E-state index contributed by atoms with van der Waals surface area (Å²) in [5.74, 6) is 1.68. The van der Waals surface area contributed by atoms with Crippen molar-refractivity contribution >= 4 is 10.9 Å². The van der Waals surface area contributed by atoms with Crippen LogP contribution in [0.5, 0.6) is 5.75 Å². The van der Waals surface area contributed by atoms with E-state index in [4.69, 9.17) is 9.72 Å². The summed E-state index contributed by atoms with van der Waals surface area (Å²) in [4.78, 5) is 7.63. The van der Waals surface area contributed by atoms with Gasteiger partial charge in [-0.3, -0.25) is 4.98 Å². The Morgan fingerprint density at radius 1 is 1.12 bits per heavy atom. The molecule has 2 aliphatic carbocycles. The van der Waals surface area contributed by atoms with E-state index in [1.165, 1.54) is 34.9 Å². The van der Waals surface area contributed by atoms with E-state index in [-0.39, 0.29) is 5.41 Å². The second kappa shape index (κ2) is 7.29. The molecule has 2 fully saturated rings. The van der Waals surface area contributed by atoms with E-state index in [1.54, 1.807) is 7.11 Å². The molecule has 1 aliphatic heterocycles. The lowest BCUT2D eigenvalue weighted by Gasteiger charge is -2.56. The molecule has 1 N–H and O–H groups in total. The summed E-state index contributed by atoms with van der Waals surface area (Å²) < 4.78 is 5.57. The number of hydrogen-bond acceptors (Lipinski definition) is 4. The van der Waals surface area contributed by atoms with Crippen LogP contribution < -0.4 is 4.74 Å². The molecule has 0 unspecified atom stereocenters. The first-order valence-corrected chi connectivity index (χ1v) is 12.0. The Labute approximate surface area is 190 Å². The van der Waals surface area contributed by atoms with E-state index >= 15 is 0 Å². The van der Waals surface area contributed by atoms with Crippen LogP contribution in [-0.4, -0.2) is 47.3 Å². The molecule has 4 nitrogen and oxygen atoms in total. The van der Waals surface area contributed by atoms with Gasteiger partial charge in [0, 0.05) is 42.4 Å². The molecule has 3 aromatic rings. The van der Waals surface area contributed by atoms with Crippen molar-refractivity contribution in [2.75, 3.05) is 26.7 Å². The number of nitrogens with zero attached hydrogens (tertiary/aromatic N) is 2. The zero-order valence-corrected chi connectivity index (χ0v) is 19.1. The quantitative estimate of drug-likeness (QED) is 0.668. The van der Waals surface area contributed by atoms with Gasteiger partial charge in [-0.05, 0) is 80.1 Å². The van der Waals surface area contributed by atoms with Gasteiger partial charge in [-0.2, -0.15) is 0 Å². The predicted octanol–water partition coefficient (Wildman–Crippen LogP) is 4.44. The summed E-state index contributed by atoms with van der Waals surface area (Å²) in [6, 6.07) is 17.1. The largest absolute Gasteiger partial charge is 0.497 e. The highest BCUT2D eigenvalue weighted by atomic mass is 16.5. The summed E-state index contributed by atoms with van der Waals surface area (Å²) in [5, 5.41) is 13.6. The van der Waals surface area contributed by atoms with Gasteiger partial charge in [0.2, 0.25) is 0 Å². The molecule has 0 bridgehead atoms. The van der Waals surface area contributed by atoms with Gasteiger partial charge >= 0.3 is 0 Å². The van der Waals surface area contributed by atoms with Gasteiger partial charge in [-0.1, -0.05) is 23.8 Å². The number of methoxy groups -OCH3 is 1. The van der Waals surface area contributed by atoms with Crippen LogP contribution in [0, 0.1) is 12.8 Å². The van der Waals surface area contributed by atoms with Crippen molar-refractivity contribution in [3.8, 4) is 5.75 Å². The highest BCUT2D eigenvalue weighted by Crippen LogP contribution is 2.51. The van der Waals surface area contributed by atoms with Gasteiger partial charge in [0.05, 0.1) is 18.2 Å². The van der Waals surface area contributed by atoms with Crippen LogP contribution in [-0.2, 0) is 18.3 Å². The maximum Gasteiger partial charge on any atom is 0.119 e. The lowest BCUT2D eigenvalue weighted by molar-refractivity contribution is -0.104. The molecule has 166 valence electrons. The number of piperidine rings is 1. The molecule has 1 saturated heterocycles. The third kappa shape index (κ3) is 3.23. The maximum atomic E-state index is 12.4. The normalized spacial score (nSPS) is 27.7. The fourth-order valence-corrected chi connectivity index (χ4v) is 6.20. The number of fused-ring (bicyclic) bond motifs is 3. The van der Waals surface area contributed by atoms with Gasteiger partial charge in [0.15, 0.2) is 0 Å². The second-order valence-corrected chi connectivity index (χ2v) is 10.4. The van der Waals surface area contributed by atoms with Crippen molar-refractivity contribution in [2.45, 2.75) is 50.0 Å². The maximum absolute atomic E-state index is 12.4. The number of benzene rings is 2. The fraction of sp³-hybridized carbons (Fsp3) is 0.464. The van der Waals surface area contributed by atoms with Crippen LogP contribution in [0.1, 0.15) is 41.6 Å². The molecule has 4 heteroatoms. The van der Waals surface area contributed by atoms with E-state index in [0.717, 1.165) is 55.4 Å². The average Bonchev–Trinajstić information content (AvgIpc) is 3.60. The number of aliphatic hydroxyl groups is 1. The first-order chi connectivity index (χ1) is 15.5. The minimum atomic E-state index is -0.821. The Morgan fingerprint density at radius 3 is 2.81 bits per heavy atom. The summed E-state index contributed by atoms with van der Waals surface area (Å²) in [5.41, 5.74) is 4.65. The van der Waals surface area contributed by atoms with Crippen LogP contribution in [0.2, 0.25) is 0 Å². The average molecular weight is 429 g/mol. The van der Waals surface area contributed by atoms with Crippen LogP contribution in [0.15, 0.2) is 48.5 Å². The lowest BCUT2D eigenvalue weighted by atomic mass is 9.56. The van der Waals surface area contributed by atoms with Crippen LogP contribution in [0.4, 0.5) is 0 Å². The van der Waals surface area contributed by atoms with Crippen molar-refractivity contribution in [3.63, 3.8) is 0 Å². The van der Waals surface area contributed by atoms with Gasteiger partial charge < -0.3 is 14.7 Å². The summed E-state index contributed by atoms with van der Waals surface area (Å²) in [6.07, 6.45) is 5.04. The first kappa shape index (κ1) is 20.2. The molecule has 2 atom stereocenters. The predicted molar refractivity (Wildman–Crippen MR) is 127 cm³/mol. The zero-order valence-electron chi connectivity index (χ0n) is 19.1. The van der Waals surface area contributed by atoms with E-state index in [2.05, 4.69) is 54.3 Å². The Hall–Kier alpha value is -2.43. The number of aromatic nitrogens is 1. The number of aryl methyl sites for hydroxylation is 1. The molecule has 0 spiro atoms. The number of likely N-dealkylation sites (tertiary alicyclic amines) is 1. The lowest BCUT2D eigenvalue weighted by Crippen LogP contribution is -2.66. The molecule has 1 aromatic heterocycles. The zero-order chi connectivity index (χ0) is 21.9. The highest BCUT2D eigenvalue weighted by Gasteiger charge is 2.57. The van der Waals surface area contributed by atoms with Gasteiger partial charge in [0.25, 0.3) is 0 Å². The minimum absolute atomic E-state index is 0.347. The third-order valence-electron chi connectivity index (χ3n) is 8.16. The van der Waals surface area contributed by atoms with Crippen molar-refractivity contribution < 1.29 is 9.84 Å². The summed E-state index contributed by atoms with van der Waals surface area (Å²) >= 11 is 0. The number of hydrogen-bond donors (Lipinski definition) is 1. The number of ether oxygens (including phenoxy) is 1. The Balaban J connectivity index is 1.48. The molecule has 2 heterocycles. The van der Waals surface area contributed by atoms with Gasteiger partial charge in [-0.15, -0.1) is 0 Å². The molecule has 3 aliphatic rings. The molecular formula is C28H32N2O2. The summed E-state index contributed by atoms with van der Waals surface area (Å²) in [7, 11) is 1.72. The Bertz CT molecular complexity index is 1190. The Kier molecular flexibility index (Phi) is 4.60. The molecule has 0 amide bonds. The molecule has 0 radical (unpaired) electrons. The summed E-state index contributed by atoms with van der Waals surface area (Å²) in [6.45, 7) is 5.00. The van der Waals surface area contributed by atoms with E-state index in [1.807, 2.05) is 6.07 Å². The molecular weight excluding hydrogens is 396 g/mol. The van der Waals surface area contributed by atoms with Gasteiger partial charge in [0.1, 0.15) is 5.75 Å². The second-order valence-electron chi connectivity index (χ2n) is 10.4. The molecule has 2 aromatic carbocycles. The van der Waals surface area contributed by atoms with Crippen LogP contribution in [0.3, 0.4) is 0 Å². The topological polar surface area (TPSA) is 45.6 Å². The molecule has 32 heavy (non-hydrogen) atoms. The molecule has 6 rings (SSSR count). The third-order valence-corrected chi connectivity index (χ3v) is 8.16. The standard InChI is InChI=1S/C28H32N2O2/c1-19-6-9-25-21(12-19)13-22-15-28(31)18-30(17-20-7-8-20)11-10-27(28,16-26(22)29-25)23-4-3-5-24(14-23)32-2/h3-6,9,12-14,20,31H,7-8,10-11,15-18H2,1-2H3/t27-,28-/m0/s1. The van der Waals surface area contributed by atoms with Crippen molar-refractivity contribution in [3.05, 3.63) is 70.9 Å². The Morgan fingerprint density at radius 2 is 2.00 bits per heavy atom. The van der Waals surface area contributed by atoms with Crippen molar-refractivity contribution in [1.82, 2.24) is 9.88 Å². The monoisotopic (exact) mass is 428 g/mol. The van der Waals surface area contributed by atoms with Crippen LogP contribution >= 0.6 is 0 Å². The smallest absolute Gasteiger partial charge is 0.119 e. The van der Waals surface area contributed by atoms with E-state index in [9.17, 15) is 5.11 Å². The highest BCUT2D eigenvalue weighted by molar-refractivity contribution is 5.80.